The van der Waals surface area contributed by atoms with Gasteiger partial charge in [-0.05, 0) is 24.6 Å². The largest absolute Gasteiger partial charge is 0.393 e. The summed E-state index contributed by atoms with van der Waals surface area (Å²) in [7, 11) is 1.97. The lowest BCUT2D eigenvalue weighted by Crippen LogP contribution is -2.03. The van der Waals surface area contributed by atoms with E-state index in [1.54, 1.807) is 13.1 Å². The van der Waals surface area contributed by atoms with E-state index in [-0.39, 0.29) is 6.10 Å². The summed E-state index contributed by atoms with van der Waals surface area (Å²) < 4.78 is 1.99. The molecular weight excluding hydrogens is 176 g/mol. The summed E-state index contributed by atoms with van der Waals surface area (Å²) >= 11 is 0. The molecule has 0 aliphatic rings. The van der Waals surface area contributed by atoms with Crippen LogP contribution in [0.25, 0.3) is 11.0 Å². The fraction of sp³-hybridized carbons (Fsp3) is 0.364. The molecule has 1 N–H and O–H groups in total. The van der Waals surface area contributed by atoms with Crippen LogP contribution < -0.4 is 0 Å². The highest BCUT2D eigenvalue weighted by molar-refractivity contribution is 5.80. The van der Waals surface area contributed by atoms with E-state index in [0.29, 0.717) is 6.42 Å². The number of nitrogens with zero attached hydrogens (tertiary/aromatic N) is 2. The highest BCUT2D eigenvalue weighted by Gasteiger charge is 2.08. The van der Waals surface area contributed by atoms with Crippen molar-refractivity contribution >= 4 is 11.0 Å². The predicted molar refractivity (Wildman–Crippen MR) is 56.1 cm³/mol. The van der Waals surface area contributed by atoms with Crippen molar-refractivity contribution in [2.24, 2.45) is 7.05 Å². The maximum absolute atomic E-state index is 9.34. The van der Waals surface area contributed by atoms with Crippen molar-refractivity contribution < 1.29 is 5.11 Å². The van der Waals surface area contributed by atoms with Crippen molar-refractivity contribution in [3.63, 3.8) is 0 Å². The van der Waals surface area contributed by atoms with Gasteiger partial charge >= 0.3 is 0 Å². The van der Waals surface area contributed by atoms with Crippen LogP contribution in [-0.2, 0) is 13.5 Å². The fourth-order valence-electron chi connectivity index (χ4n) is 1.77. The van der Waals surface area contributed by atoms with Gasteiger partial charge in [-0.1, -0.05) is 0 Å². The maximum atomic E-state index is 9.34. The topological polar surface area (TPSA) is 38.0 Å². The van der Waals surface area contributed by atoms with Gasteiger partial charge in [0.2, 0.25) is 0 Å². The minimum Gasteiger partial charge on any atom is -0.393 e. The van der Waals surface area contributed by atoms with Crippen LogP contribution in [0.5, 0.6) is 0 Å². The summed E-state index contributed by atoms with van der Waals surface area (Å²) in [6.45, 7) is 1.80. The van der Waals surface area contributed by atoms with E-state index in [4.69, 9.17) is 0 Å². The molecule has 2 rings (SSSR count). The van der Waals surface area contributed by atoms with Crippen LogP contribution in [0.15, 0.2) is 24.5 Å². The highest BCUT2D eigenvalue weighted by Crippen LogP contribution is 2.19. The van der Waals surface area contributed by atoms with Gasteiger partial charge in [0.25, 0.3) is 0 Å². The van der Waals surface area contributed by atoms with Crippen LogP contribution in [0, 0.1) is 0 Å². The zero-order valence-electron chi connectivity index (χ0n) is 8.44. The van der Waals surface area contributed by atoms with E-state index in [0.717, 1.165) is 16.6 Å². The number of hydrogen-bond donors (Lipinski definition) is 1. The normalized spacial score (nSPS) is 13.4. The van der Waals surface area contributed by atoms with E-state index in [9.17, 15) is 5.11 Å². The van der Waals surface area contributed by atoms with Crippen LogP contribution in [-0.4, -0.2) is 20.8 Å². The number of rotatable bonds is 2. The van der Waals surface area contributed by atoms with Gasteiger partial charge in [-0.15, -0.1) is 0 Å². The zero-order valence-corrected chi connectivity index (χ0v) is 8.44. The van der Waals surface area contributed by atoms with Gasteiger partial charge in [0.05, 0.1) is 6.10 Å². The first-order valence-electron chi connectivity index (χ1n) is 4.75. The summed E-state index contributed by atoms with van der Waals surface area (Å²) in [5, 5.41) is 10.5. The second-order valence-corrected chi connectivity index (χ2v) is 3.69. The number of hydrogen-bond acceptors (Lipinski definition) is 2. The molecule has 0 fully saturated rings. The Morgan fingerprint density at radius 1 is 1.57 bits per heavy atom. The van der Waals surface area contributed by atoms with Crippen LogP contribution in [0.1, 0.15) is 12.5 Å². The Morgan fingerprint density at radius 3 is 3.07 bits per heavy atom. The van der Waals surface area contributed by atoms with E-state index in [1.165, 1.54) is 0 Å². The van der Waals surface area contributed by atoms with Gasteiger partial charge in [-0.2, -0.15) is 0 Å². The molecule has 74 valence electrons. The molecule has 0 unspecified atom stereocenters. The molecule has 3 nitrogen and oxygen atoms in total. The average Bonchev–Trinajstić information content (AvgIpc) is 2.44. The molecule has 2 heterocycles. The first-order chi connectivity index (χ1) is 6.68. The number of aryl methyl sites for hydroxylation is 1. The molecule has 14 heavy (non-hydrogen) atoms. The smallest absolute Gasteiger partial charge is 0.139 e. The molecule has 1 atom stereocenters. The van der Waals surface area contributed by atoms with Crippen LogP contribution in [0.3, 0.4) is 0 Å². The van der Waals surface area contributed by atoms with Crippen molar-refractivity contribution in [3.05, 3.63) is 30.1 Å². The van der Waals surface area contributed by atoms with E-state index < -0.39 is 0 Å². The van der Waals surface area contributed by atoms with Crippen molar-refractivity contribution in [2.75, 3.05) is 0 Å². The number of aliphatic hydroxyl groups excluding tert-OH is 1. The third kappa shape index (κ3) is 1.51. The quantitative estimate of drug-likeness (QED) is 0.779. The molecule has 0 aromatic carbocycles. The van der Waals surface area contributed by atoms with Gasteiger partial charge < -0.3 is 9.67 Å². The third-order valence-electron chi connectivity index (χ3n) is 2.33. The summed E-state index contributed by atoms with van der Waals surface area (Å²) in [6.07, 6.45) is 4.20. The first kappa shape index (κ1) is 9.21. The molecule has 2 aromatic rings. The zero-order chi connectivity index (χ0) is 10.1. The molecule has 0 aliphatic carbocycles. The summed E-state index contributed by atoms with van der Waals surface area (Å²) in [5.41, 5.74) is 2.13. The van der Waals surface area contributed by atoms with Crippen molar-refractivity contribution in [2.45, 2.75) is 19.4 Å². The van der Waals surface area contributed by atoms with Gasteiger partial charge in [0.15, 0.2) is 0 Å². The first-order valence-corrected chi connectivity index (χ1v) is 4.75. The number of aliphatic hydroxyl groups is 1. The third-order valence-corrected chi connectivity index (χ3v) is 2.33. The Bertz CT molecular complexity index is 445. The molecule has 0 bridgehead atoms. The maximum Gasteiger partial charge on any atom is 0.139 e. The summed E-state index contributed by atoms with van der Waals surface area (Å²) in [4.78, 5) is 4.29. The highest BCUT2D eigenvalue weighted by atomic mass is 16.3. The summed E-state index contributed by atoms with van der Waals surface area (Å²) in [5.74, 6) is 0. The molecule has 0 aliphatic heterocycles. The second kappa shape index (κ2) is 3.42. The van der Waals surface area contributed by atoms with Crippen LogP contribution in [0.2, 0.25) is 0 Å². The Morgan fingerprint density at radius 2 is 2.36 bits per heavy atom. The van der Waals surface area contributed by atoms with E-state index >= 15 is 0 Å². The molecule has 0 radical (unpaired) electrons. The van der Waals surface area contributed by atoms with Gasteiger partial charge in [-0.25, -0.2) is 4.98 Å². The SMILES string of the molecule is C[C@@H](O)Cc1cn(C)c2ncccc12. The van der Waals surface area contributed by atoms with E-state index in [1.807, 2.05) is 29.9 Å². The second-order valence-electron chi connectivity index (χ2n) is 3.69. The van der Waals surface area contributed by atoms with Gasteiger partial charge in [-0.3, -0.25) is 0 Å². The Labute approximate surface area is 83.0 Å². The average molecular weight is 190 g/mol. The van der Waals surface area contributed by atoms with Crippen LogP contribution >= 0.6 is 0 Å². The van der Waals surface area contributed by atoms with Crippen molar-refractivity contribution in [1.29, 1.82) is 0 Å². The molecule has 0 amide bonds. The summed E-state index contributed by atoms with van der Waals surface area (Å²) in [6, 6.07) is 3.97. The molecule has 3 heteroatoms. The molecule has 0 saturated carbocycles. The fourth-order valence-corrected chi connectivity index (χ4v) is 1.77. The number of aromatic nitrogens is 2. The minimum absolute atomic E-state index is 0.305. The van der Waals surface area contributed by atoms with Crippen molar-refractivity contribution in [1.82, 2.24) is 9.55 Å². The minimum atomic E-state index is -0.305. The lowest BCUT2D eigenvalue weighted by Gasteiger charge is -2.01. The van der Waals surface area contributed by atoms with E-state index in [2.05, 4.69) is 4.98 Å². The molecule has 0 spiro atoms. The molecule has 0 saturated heterocycles. The van der Waals surface area contributed by atoms with Crippen molar-refractivity contribution in [3.8, 4) is 0 Å². The van der Waals surface area contributed by atoms with Gasteiger partial charge in [0.1, 0.15) is 5.65 Å². The predicted octanol–water partition coefficient (Wildman–Crippen LogP) is 1.50. The standard InChI is InChI=1S/C11H14N2O/c1-8(14)6-9-7-13(2)11-10(9)4-3-5-12-11/h3-5,7-8,14H,6H2,1-2H3/t8-/m1/s1. The lowest BCUT2D eigenvalue weighted by molar-refractivity contribution is 0.196. The Balaban J connectivity index is 2.55. The monoisotopic (exact) mass is 190 g/mol. The van der Waals surface area contributed by atoms with Gasteiger partial charge in [0, 0.05) is 31.2 Å². The number of pyridine rings is 1. The molecule has 2 aromatic heterocycles. The lowest BCUT2D eigenvalue weighted by atomic mass is 10.1. The molecular formula is C11H14N2O. The Hall–Kier alpha value is -1.35. The van der Waals surface area contributed by atoms with Crippen LogP contribution in [0.4, 0.5) is 0 Å². The number of fused-ring (bicyclic) bond motifs is 1. The Kier molecular flexibility index (Phi) is 2.25.